The molecule has 0 radical (unpaired) electrons. The minimum Gasteiger partial charge on any atom is -0.346 e. The van der Waals surface area contributed by atoms with Gasteiger partial charge in [0, 0.05) is 11.4 Å². The summed E-state index contributed by atoms with van der Waals surface area (Å²) in [6, 6.07) is 13.9. The maximum atomic E-state index is 12.1. The number of rotatable bonds is 2. The van der Waals surface area contributed by atoms with Gasteiger partial charge in [0.2, 0.25) is 5.91 Å². The third-order valence-corrected chi connectivity index (χ3v) is 4.07. The van der Waals surface area contributed by atoms with Crippen molar-refractivity contribution in [1.82, 2.24) is 10.6 Å². The van der Waals surface area contributed by atoms with Crippen molar-refractivity contribution in [3.05, 3.63) is 58.3 Å². The van der Waals surface area contributed by atoms with Crippen LogP contribution >= 0.6 is 11.3 Å². The third-order valence-electron chi connectivity index (χ3n) is 3.13. The minimum atomic E-state index is -0.204. The summed E-state index contributed by atoms with van der Waals surface area (Å²) in [5, 5.41) is 8.39. The third kappa shape index (κ3) is 2.17. The summed E-state index contributed by atoms with van der Waals surface area (Å²) in [5.74, 6) is 0.0533. The van der Waals surface area contributed by atoms with Crippen molar-refractivity contribution in [2.75, 3.05) is 6.54 Å². The number of thiophene rings is 1. The molecule has 0 aliphatic carbocycles. The molecular weight excluding hydrogens is 244 g/mol. The van der Waals surface area contributed by atoms with Crippen molar-refractivity contribution in [3.8, 4) is 0 Å². The van der Waals surface area contributed by atoms with Gasteiger partial charge in [-0.05, 0) is 17.0 Å². The van der Waals surface area contributed by atoms with Crippen LogP contribution in [0.1, 0.15) is 22.5 Å². The summed E-state index contributed by atoms with van der Waals surface area (Å²) >= 11 is 1.61. The molecule has 2 heterocycles. The monoisotopic (exact) mass is 258 g/mol. The predicted molar refractivity (Wildman–Crippen MR) is 72.4 cm³/mol. The maximum Gasteiger partial charge on any atom is 0.243 e. The second-order valence-corrected chi connectivity index (χ2v) is 5.31. The Morgan fingerprint density at radius 2 is 1.94 bits per heavy atom. The zero-order valence-corrected chi connectivity index (χ0v) is 10.6. The standard InChI is InChI=1S/C14H14N2OS/c17-14-13(12-7-4-8-18-12)15-9-11(16-14)10-5-2-1-3-6-10/h1-8,11,13,15H,9H2,(H,16,17)/t11-,13+/m1/s1. The lowest BCUT2D eigenvalue weighted by molar-refractivity contribution is -0.125. The quantitative estimate of drug-likeness (QED) is 0.867. The molecule has 1 amide bonds. The van der Waals surface area contributed by atoms with E-state index in [1.165, 1.54) is 0 Å². The van der Waals surface area contributed by atoms with Crippen LogP contribution in [0.5, 0.6) is 0 Å². The van der Waals surface area contributed by atoms with Gasteiger partial charge in [-0.15, -0.1) is 11.3 Å². The van der Waals surface area contributed by atoms with Gasteiger partial charge in [-0.1, -0.05) is 36.4 Å². The topological polar surface area (TPSA) is 41.1 Å². The van der Waals surface area contributed by atoms with Crippen LogP contribution in [0, 0.1) is 0 Å². The van der Waals surface area contributed by atoms with E-state index in [-0.39, 0.29) is 18.0 Å². The van der Waals surface area contributed by atoms with E-state index in [0.29, 0.717) is 0 Å². The van der Waals surface area contributed by atoms with Crippen LogP contribution in [0.3, 0.4) is 0 Å². The summed E-state index contributed by atoms with van der Waals surface area (Å²) in [5.41, 5.74) is 1.14. The predicted octanol–water partition coefficient (Wildman–Crippen LogP) is 2.25. The maximum absolute atomic E-state index is 12.1. The summed E-state index contributed by atoms with van der Waals surface area (Å²) in [7, 11) is 0. The number of carbonyl (C=O) groups excluding carboxylic acids is 1. The SMILES string of the molecule is O=C1N[C@@H](c2ccccc2)CN[C@H]1c1cccs1. The molecule has 2 atom stereocenters. The Morgan fingerprint density at radius 1 is 1.11 bits per heavy atom. The second kappa shape index (κ2) is 4.92. The molecule has 0 spiro atoms. The average Bonchev–Trinajstić information content (AvgIpc) is 2.93. The van der Waals surface area contributed by atoms with Crippen LogP contribution in [0.15, 0.2) is 47.8 Å². The zero-order chi connectivity index (χ0) is 12.4. The Bertz CT molecular complexity index is 524. The summed E-state index contributed by atoms with van der Waals surface area (Å²) < 4.78 is 0. The van der Waals surface area contributed by atoms with Crippen molar-refractivity contribution < 1.29 is 4.79 Å². The van der Waals surface area contributed by atoms with E-state index in [4.69, 9.17) is 0 Å². The fourth-order valence-electron chi connectivity index (χ4n) is 2.21. The lowest BCUT2D eigenvalue weighted by Crippen LogP contribution is -2.49. The number of benzene rings is 1. The first-order valence-corrected chi connectivity index (χ1v) is 6.84. The molecule has 0 bridgehead atoms. The summed E-state index contributed by atoms with van der Waals surface area (Å²) in [4.78, 5) is 13.2. The van der Waals surface area contributed by atoms with Gasteiger partial charge < -0.3 is 5.32 Å². The normalized spacial score (nSPS) is 23.7. The fourth-order valence-corrected chi connectivity index (χ4v) is 3.00. The van der Waals surface area contributed by atoms with Gasteiger partial charge in [0.05, 0.1) is 6.04 Å². The molecule has 3 rings (SSSR count). The molecule has 1 aromatic heterocycles. The van der Waals surface area contributed by atoms with E-state index in [1.807, 2.05) is 47.8 Å². The molecule has 3 nitrogen and oxygen atoms in total. The van der Waals surface area contributed by atoms with Crippen LogP contribution in [0.4, 0.5) is 0 Å². The highest BCUT2D eigenvalue weighted by molar-refractivity contribution is 7.10. The van der Waals surface area contributed by atoms with Crippen LogP contribution in [0.2, 0.25) is 0 Å². The van der Waals surface area contributed by atoms with Crippen molar-refractivity contribution in [3.63, 3.8) is 0 Å². The number of hydrogen-bond acceptors (Lipinski definition) is 3. The highest BCUT2D eigenvalue weighted by atomic mass is 32.1. The highest BCUT2D eigenvalue weighted by Gasteiger charge is 2.29. The first-order chi connectivity index (χ1) is 8.84. The van der Waals surface area contributed by atoms with Gasteiger partial charge in [-0.25, -0.2) is 0 Å². The van der Waals surface area contributed by atoms with E-state index in [2.05, 4.69) is 10.6 Å². The second-order valence-electron chi connectivity index (χ2n) is 4.33. The Kier molecular flexibility index (Phi) is 3.13. The number of nitrogens with one attached hydrogen (secondary N) is 2. The number of hydrogen-bond donors (Lipinski definition) is 2. The number of amides is 1. The molecule has 1 aliphatic heterocycles. The first kappa shape index (κ1) is 11.4. The van der Waals surface area contributed by atoms with Crippen LogP contribution in [-0.2, 0) is 4.79 Å². The van der Waals surface area contributed by atoms with E-state index in [1.54, 1.807) is 11.3 Å². The van der Waals surface area contributed by atoms with E-state index in [9.17, 15) is 4.79 Å². The average molecular weight is 258 g/mol. The molecule has 0 unspecified atom stereocenters. The van der Waals surface area contributed by atoms with Gasteiger partial charge >= 0.3 is 0 Å². The molecule has 1 aromatic carbocycles. The Labute approximate surface area is 110 Å². The Balaban J connectivity index is 1.74. The van der Waals surface area contributed by atoms with Gasteiger partial charge in [-0.3, -0.25) is 10.1 Å². The van der Waals surface area contributed by atoms with Gasteiger partial charge in [0.1, 0.15) is 6.04 Å². The molecule has 2 aromatic rings. The Hall–Kier alpha value is -1.65. The Morgan fingerprint density at radius 3 is 2.61 bits per heavy atom. The molecule has 2 N–H and O–H groups in total. The lowest BCUT2D eigenvalue weighted by atomic mass is 10.0. The largest absolute Gasteiger partial charge is 0.346 e. The summed E-state index contributed by atoms with van der Waals surface area (Å²) in [6.07, 6.45) is 0. The van der Waals surface area contributed by atoms with E-state index in [0.717, 1.165) is 17.0 Å². The molecule has 92 valence electrons. The number of piperazine rings is 1. The first-order valence-electron chi connectivity index (χ1n) is 5.97. The molecule has 1 saturated heterocycles. The molecule has 4 heteroatoms. The molecule has 18 heavy (non-hydrogen) atoms. The fraction of sp³-hybridized carbons (Fsp3) is 0.214. The van der Waals surface area contributed by atoms with E-state index >= 15 is 0 Å². The molecule has 1 aliphatic rings. The van der Waals surface area contributed by atoms with E-state index < -0.39 is 0 Å². The van der Waals surface area contributed by atoms with Crippen molar-refractivity contribution in [1.29, 1.82) is 0 Å². The van der Waals surface area contributed by atoms with Crippen molar-refractivity contribution in [2.24, 2.45) is 0 Å². The minimum absolute atomic E-state index is 0.0533. The molecule has 0 saturated carbocycles. The van der Waals surface area contributed by atoms with Gasteiger partial charge in [-0.2, -0.15) is 0 Å². The smallest absolute Gasteiger partial charge is 0.243 e. The van der Waals surface area contributed by atoms with Crippen LogP contribution < -0.4 is 10.6 Å². The summed E-state index contributed by atoms with van der Waals surface area (Å²) in [6.45, 7) is 0.762. The van der Waals surface area contributed by atoms with Crippen LogP contribution in [-0.4, -0.2) is 12.5 Å². The lowest BCUT2D eigenvalue weighted by Gasteiger charge is -2.30. The van der Waals surface area contributed by atoms with Gasteiger partial charge in [0.15, 0.2) is 0 Å². The van der Waals surface area contributed by atoms with Crippen molar-refractivity contribution in [2.45, 2.75) is 12.1 Å². The number of carbonyl (C=O) groups is 1. The zero-order valence-electron chi connectivity index (χ0n) is 9.80. The van der Waals surface area contributed by atoms with Crippen molar-refractivity contribution >= 4 is 17.2 Å². The molecule has 1 fully saturated rings. The molecular formula is C14H14N2OS. The highest BCUT2D eigenvalue weighted by Crippen LogP contribution is 2.24. The van der Waals surface area contributed by atoms with Crippen LogP contribution in [0.25, 0.3) is 0 Å². The van der Waals surface area contributed by atoms with Gasteiger partial charge in [0.25, 0.3) is 0 Å².